The van der Waals surface area contributed by atoms with Crippen molar-refractivity contribution in [3.8, 4) is 5.75 Å². The van der Waals surface area contributed by atoms with Crippen LogP contribution in [0.3, 0.4) is 0 Å². The molecule has 0 aliphatic carbocycles. The quantitative estimate of drug-likeness (QED) is 0.0656. The minimum Gasteiger partial charge on any atom is -0.486 e. The zero-order valence-corrected chi connectivity index (χ0v) is 26.1. The zero-order valence-electron chi connectivity index (χ0n) is 24.4. The van der Waals surface area contributed by atoms with Crippen LogP contribution in [0.1, 0.15) is 50.4 Å². The Bertz CT molecular complexity index is 1450. The van der Waals surface area contributed by atoms with E-state index in [1.807, 2.05) is 18.2 Å². The number of anilines is 1. The number of rotatable bonds is 11. The molecule has 17 heteroatoms. The van der Waals surface area contributed by atoms with Gasteiger partial charge in [0, 0.05) is 23.5 Å². The van der Waals surface area contributed by atoms with E-state index in [9.17, 15) is 14.7 Å². The lowest BCUT2D eigenvalue weighted by molar-refractivity contribution is -0.214. The second-order valence-electron chi connectivity index (χ2n) is 11.4. The van der Waals surface area contributed by atoms with Crippen molar-refractivity contribution in [3.63, 3.8) is 0 Å². The summed E-state index contributed by atoms with van der Waals surface area (Å²) in [6.07, 6.45) is 1.16. The number of amidine groups is 1. The third-order valence-corrected chi connectivity index (χ3v) is 8.84. The maximum Gasteiger partial charge on any atom is 0.276 e. The summed E-state index contributed by atoms with van der Waals surface area (Å²) in [6.45, 7) is 5.89. The van der Waals surface area contributed by atoms with Crippen molar-refractivity contribution in [3.05, 3.63) is 40.4 Å². The largest absolute Gasteiger partial charge is 0.486 e. The van der Waals surface area contributed by atoms with E-state index < -0.39 is 29.5 Å². The number of thiazole rings is 1. The number of hydrogen-bond acceptors (Lipinski definition) is 14. The SMILES string of the molecule is CC(O/N=C(\C(=O)NC1C(=O)N(OSO)C1(C)C)c1csc(N)n1)C1CCc2cc(C(N)=NC3CN[C@@H](CO)C3)ccc2O1. The number of fused-ring (bicyclic) bond motifs is 1. The number of hydrogen-bond donors (Lipinski definition) is 6. The van der Waals surface area contributed by atoms with Gasteiger partial charge in [-0.2, -0.15) is 9.35 Å². The Morgan fingerprint density at radius 2 is 2.23 bits per heavy atom. The fourth-order valence-corrected chi connectivity index (χ4v) is 6.25. The molecule has 5 atom stereocenters. The summed E-state index contributed by atoms with van der Waals surface area (Å²) in [4.78, 5) is 40.4. The van der Waals surface area contributed by atoms with Gasteiger partial charge in [0.1, 0.15) is 29.4 Å². The van der Waals surface area contributed by atoms with Crippen LogP contribution in [0, 0.1) is 0 Å². The van der Waals surface area contributed by atoms with Gasteiger partial charge in [0.15, 0.2) is 29.3 Å². The molecule has 1 aromatic carbocycles. The maximum atomic E-state index is 13.3. The first-order valence-electron chi connectivity index (χ1n) is 14.1. The van der Waals surface area contributed by atoms with Crippen LogP contribution in [-0.2, 0) is 25.1 Å². The third kappa shape index (κ3) is 6.62. The maximum absolute atomic E-state index is 13.3. The van der Waals surface area contributed by atoms with Crippen molar-refractivity contribution in [2.45, 2.75) is 75.9 Å². The van der Waals surface area contributed by atoms with Crippen LogP contribution in [-0.4, -0.2) is 92.1 Å². The van der Waals surface area contributed by atoms with Crippen molar-refractivity contribution in [1.82, 2.24) is 20.7 Å². The van der Waals surface area contributed by atoms with Crippen molar-refractivity contribution >= 4 is 52.2 Å². The number of aliphatic hydroxyl groups is 1. The second-order valence-corrected chi connectivity index (χ2v) is 12.6. The summed E-state index contributed by atoms with van der Waals surface area (Å²) < 4.78 is 20.1. The van der Waals surface area contributed by atoms with Crippen molar-refractivity contribution < 1.29 is 33.1 Å². The van der Waals surface area contributed by atoms with E-state index in [4.69, 9.17) is 29.9 Å². The van der Waals surface area contributed by atoms with Gasteiger partial charge in [0.2, 0.25) is 0 Å². The molecule has 3 aliphatic heterocycles. The van der Waals surface area contributed by atoms with E-state index in [0.717, 1.165) is 33.9 Å². The Labute approximate surface area is 262 Å². The standard InChI is InChI=1S/C27H36N8O7S2/c1-13(19-6-4-14-8-15(5-7-20(14)40-19)23(28)31-16-9-17(11-36)30-10-16)41-34-21(18-12-43-26(29)32-18)24(37)33-22-25(38)35(42-44-39)27(22,2)3/h5,7-8,12-13,16-17,19,22,30,36,39H,4,6,9-11H2,1-3H3,(H2,28,31)(H2,29,32)(H,33,37)/b34-21-/t13?,16?,17-,19?,22?/m1/s1. The molecule has 2 aromatic rings. The predicted octanol–water partition coefficient (Wildman–Crippen LogP) is 0.815. The monoisotopic (exact) mass is 648 g/mol. The van der Waals surface area contributed by atoms with E-state index >= 15 is 0 Å². The number of nitrogens with one attached hydrogen (secondary N) is 2. The zero-order chi connectivity index (χ0) is 31.6. The molecule has 4 heterocycles. The van der Waals surface area contributed by atoms with Gasteiger partial charge < -0.3 is 41.3 Å². The van der Waals surface area contributed by atoms with Gasteiger partial charge in [-0.3, -0.25) is 14.6 Å². The molecule has 2 saturated heterocycles. The Hall–Kier alpha value is -3.48. The summed E-state index contributed by atoms with van der Waals surface area (Å²) in [7, 11) is 0. The topological polar surface area (TPSA) is 219 Å². The number of nitrogens with zero attached hydrogens (tertiary/aromatic N) is 4. The Morgan fingerprint density at radius 1 is 1.43 bits per heavy atom. The molecule has 15 nitrogen and oxygen atoms in total. The van der Waals surface area contributed by atoms with Gasteiger partial charge in [-0.05, 0) is 63.8 Å². The van der Waals surface area contributed by atoms with Crippen LogP contribution in [0.25, 0.3) is 0 Å². The fraction of sp³-hybridized carbons (Fsp3) is 0.519. The number of carbonyl (C=O) groups is 2. The number of benzene rings is 1. The smallest absolute Gasteiger partial charge is 0.276 e. The summed E-state index contributed by atoms with van der Waals surface area (Å²) >= 11 is 1.17. The van der Waals surface area contributed by atoms with E-state index in [2.05, 4.69) is 25.8 Å². The number of aromatic nitrogens is 1. The number of carbonyl (C=O) groups excluding carboxylic acids is 2. The van der Waals surface area contributed by atoms with E-state index in [-0.39, 0.29) is 53.7 Å². The molecule has 0 saturated carbocycles. The van der Waals surface area contributed by atoms with Gasteiger partial charge in [-0.1, -0.05) is 5.16 Å². The fourth-order valence-electron chi connectivity index (χ4n) is 5.37. The molecule has 238 valence electrons. The highest BCUT2D eigenvalue weighted by Crippen LogP contribution is 2.34. The van der Waals surface area contributed by atoms with Crippen molar-refractivity contribution in [2.75, 3.05) is 18.9 Å². The predicted molar refractivity (Wildman–Crippen MR) is 165 cm³/mol. The molecule has 0 radical (unpaired) electrons. The number of aliphatic imine (C=N–C) groups is 1. The average Bonchev–Trinajstić information content (AvgIpc) is 3.66. The third-order valence-electron chi connectivity index (χ3n) is 7.95. The van der Waals surface area contributed by atoms with Gasteiger partial charge in [0.05, 0.1) is 18.2 Å². The second kappa shape index (κ2) is 13.3. The first-order chi connectivity index (χ1) is 21.0. The first-order valence-corrected chi connectivity index (χ1v) is 15.6. The Morgan fingerprint density at radius 3 is 2.89 bits per heavy atom. The molecule has 44 heavy (non-hydrogen) atoms. The van der Waals surface area contributed by atoms with Crippen molar-refractivity contribution in [1.29, 1.82) is 0 Å². The summed E-state index contributed by atoms with van der Waals surface area (Å²) in [5, 5.41) is 22.1. The molecule has 2 fully saturated rings. The number of ether oxygens (including phenoxy) is 1. The Balaban J connectivity index is 1.24. The number of aryl methyl sites for hydroxylation is 1. The highest BCUT2D eigenvalue weighted by Gasteiger charge is 2.57. The molecule has 0 spiro atoms. The first kappa shape index (κ1) is 31.9. The highest BCUT2D eigenvalue weighted by atomic mass is 32.2. The molecule has 3 aliphatic rings. The molecule has 1 aromatic heterocycles. The van der Waals surface area contributed by atoms with Gasteiger partial charge in [-0.25, -0.2) is 4.98 Å². The number of hydroxylamine groups is 2. The number of amides is 2. The van der Waals surface area contributed by atoms with Gasteiger partial charge in [0.25, 0.3) is 11.8 Å². The van der Waals surface area contributed by atoms with Gasteiger partial charge >= 0.3 is 0 Å². The van der Waals surface area contributed by atoms with E-state index in [1.54, 1.807) is 26.2 Å². The van der Waals surface area contributed by atoms with E-state index in [0.29, 0.717) is 31.0 Å². The lowest BCUT2D eigenvalue weighted by Crippen LogP contribution is -2.76. The highest BCUT2D eigenvalue weighted by molar-refractivity contribution is 7.88. The number of β-lactam (4-membered cyclic amide) rings is 1. The molecular formula is C27H36N8O7S2. The van der Waals surface area contributed by atoms with E-state index in [1.165, 1.54) is 0 Å². The van der Waals surface area contributed by atoms with Crippen LogP contribution in [0.2, 0.25) is 0 Å². The average molecular weight is 649 g/mol. The molecule has 8 N–H and O–H groups in total. The molecular weight excluding hydrogens is 612 g/mol. The minimum atomic E-state index is -0.935. The van der Waals surface area contributed by atoms with Crippen LogP contribution in [0.5, 0.6) is 5.75 Å². The number of nitrogen functional groups attached to an aromatic ring is 1. The van der Waals surface area contributed by atoms with Crippen LogP contribution in [0.4, 0.5) is 5.13 Å². The summed E-state index contributed by atoms with van der Waals surface area (Å²) in [5.74, 6) is -0.0805. The van der Waals surface area contributed by atoms with Gasteiger partial charge in [-0.15, -0.1) is 11.3 Å². The normalized spacial score (nSPS) is 25.6. The summed E-state index contributed by atoms with van der Waals surface area (Å²) in [5.41, 5.74) is 13.0. The molecule has 2 amide bonds. The molecule has 4 unspecified atom stereocenters. The summed E-state index contributed by atoms with van der Waals surface area (Å²) in [6, 6.07) is 4.82. The number of nitrogens with two attached hydrogens (primary N) is 2. The Kier molecular flexibility index (Phi) is 9.62. The molecule has 0 bridgehead atoms. The van der Waals surface area contributed by atoms with Crippen molar-refractivity contribution in [2.24, 2.45) is 15.9 Å². The number of aliphatic hydroxyl groups excluding tert-OH is 1. The minimum absolute atomic E-state index is 0.0184. The lowest BCUT2D eigenvalue weighted by Gasteiger charge is -2.50. The van der Waals surface area contributed by atoms with Crippen LogP contribution >= 0.6 is 23.7 Å². The number of oxime groups is 1. The van der Waals surface area contributed by atoms with Crippen LogP contribution in [0.15, 0.2) is 33.7 Å². The molecule has 5 rings (SSSR count). The van der Waals surface area contributed by atoms with Crippen LogP contribution < -0.4 is 26.8 Å². The lowest BCUT2D eigenvalue weighted by atomic mass is 9.84.